The first kappa shape index (κ1) is 23.0. The number of nitrogens with one attached hydrogen (secondary N) is 1. The molecule has 3 rings (SSSR count). The van der Waals surface area contributed by atoms with Gasteiger partial charge in [-0.15, -0.1) is 23.1 Å². The number of aromatic nitrogens is 1. The van der Waals surface area contributed by atoms with Crippen LogP contribution in [-0.2, 0) is 19.2 Å². The van der Waals surface area contributed by atoms with Crippen molar-refractivity contribution in [3.8, 4) is 0 Å². The Hall–Kier alpha value is -2.64. The number of thiazole rings is 1. The molecular formula is C18H24N5O6S2+. The van der Waals surface area contributed by atoms with Crippen LogP contribution in [-0.4, -0.2) is 80.2 Å². The van der Waals surface area contributed by atoms with Gasteiger partial charge < -0.3 is 25.7 Å². The summed E-state index contributed by atoms with van der Waals surface area (Å²) in [7, 11) is 1.28. The van der Waals surface area contributed by atoms with E-state index in [4.69, 9.17) is 10.6 Å². The number of aliphatic carboxylic acids is 1. The Morgan fingerprint density at radius 1 is 1.58 bits per heavy atom. The van der Waals surface area contributed by atoms with Crippen molar-refractivity contribution in [1.82, 2.24) is 15.2 Å². The van der Waals surface area contributed by atoms with Gasteiger partial charge in [0.2, 0.25) is 0 Å². The summed E-state index contributed by atoms with van der Waals surface area (Å²) >= 11 is 2.52. The van der Waals surface area contributed by atoms with Crippen molar-refractivity contribution in [3.63, 3.8) is 0 Å². The second kappa shape index (κ2) is 10.1. The lowest BCUT2D eigenvalue weighted by atomic mass is 10.1. The van der Waals surface area contributed by atoms with E-state index in [1.807, 2.05) is 0 Å². The molecule has 0 radical (unpaired) electrons. The number of hydrogen-bond donors (Lipinski definition) is 3. The van der Waals surface area contributed by atoms with E-state index in [0.29, 0.717) is 5.75 Å². The van der Waals surface area contributed by atoms with Crippen molar-refractivity contribution < 1.29 is 29.1 Å². The van der Waals surface area contributed by atoms with Crippen molar-refractivity contribution in [2.75, 3.05) is 25.2 Å². The number of carbonyl (C=O) groups excluding carboxylic acids is 2. The van der Waals surface area contributed by atoms with E-state index in [1.165, 1.54) is 18.9 Å². The Labute approximate surface area is 186 Å². The number of carbonyl (C=O) groups is 3. The highest BCUT2D eigenvalue weighted by Crippen LogP contribution is 2.34. The summed E-state index contributed by atoms with van der Waals surface area (Å²) < 4.78 is 4.50. The van der Waals surface area contributed by atoms with E-state index in [2.05, 4.69) is 26.8 Å². The average Bonchev–Trinajstić information content (AvgIpc) is 3.40. The van der Waals surface area contributed by atoms with Crippen LogP contribution in [0, 0.1) is 0 Å². The van der Waals surface area contributed by atoms with E-state index < -0.39 is 29.2 Å². The fraction of sp³-hybridized carbons (Fsp3) is 0.500. The van der Waals surface area contributed by atoms with Gasteiger partial charge in [0, 0.05) is 30.4 Å². The van der Waals surface area contributed by atoms with Crippen LogP contribution >= 0.6 is 23.1 Å². The Balaban J connectivity index is 1.70. The number of amides is 2. The number of aliphatic hydroxyl groups is 2. The molecule has 1 aromatic heterocycles. The first-order valence-electron chi connectivity index (χ1n) is 9.50. The molecule has 11 nitrogen and oxygen atoms in total. The number of anilines is 1. The Morgan fingerprint density at radius 2 is 2.35 bits per heavy atom. The fourth-order valence-electron chi connectivity index (χ4n) is 3.31. The molecule has 0 spiro atoms. The summed E-state index contributed by atoms with van der Waals surface area (Å²) in [5, 5.41) is 16.8. The van der Waals surface area contributed by atoms with Crippen LogP contribution in [0.3, 0.4) is 0 Å². The maximum absolute atomic E-state index is 12.8. The van der Waals surface area contributed by atoms with Crippen molar-refractivity contribution in [2.45, 2.75) is 36.8 Å². The highest BCUT2D eigenvalue weighted by atomic mass is 32.2. The topological polar surface area (TPSA) is 160 Å². The molecule has 31 heavy (non-hydrogen) atoms. The first-order valence-corrected chi connectivity index (χ1v) is 11.4. The fourth-order valence-corrected chi connectivity index (χ4v) is 5.27. The number of carboxylic acid groups (broad SMARTS) is 1. The molecule has 0 aliphatic carbocycles. The van der Waals surface area contributed by atoms with Crippen LogP contribution in [0.5, 0.6) is 0 Å². The number of nitrogen functional groups attached to an aromatic ring is 1. The molecule has 168 valence electrons. The molecule has 3 heterocycles. The van der Waals surface area contributed by atoms with E-state index in [-0.39, 0.29) is 28.3 Å². The molecule has 0 aromatic carbocycles. The predicted octanol–water partition coefficient (Wildman–Crippen LogP) is 0.141. The number of oxime groups is 1. The van der Waals surface area contributed by atoms with E-state index >= 15 is 0 Å². The van der Waals surface area contributed by atoms with Gasteiger partial charge in [-0.3, -0.25) is 14.5 Å². The van der Waals surface area contributed by atoms with E-state index in [9.17, 15) is 19.5 Å². The SMILES string of the molecule is C=C(C(=O)O)N1C(=O)[C@@H](NC(=O)/C(=N\OC)c2csc(N)n2)[C@H]1SCC[C@@H]1CCC[OH+]1. The lowest BCUT2D eigenvalue weighted by molar-refractivity contribution is -0.149. The standard InChI is InChI=1S/C18H23N5O6S2/c1-9(17(26)27)23-15(25)13(16(23)30-7-5-10-4-3-6-29-10)21-14(24)12(22-28-2)11-8-31-18(19)20-11/h8,10,13,16H,1,3-7H2,2H3,(H2,19,20)(H,21,24)(H,26,27)/p+1/b22-12-/t10-,13+,16+/m0/s1. The lowest BCUT2D eigenvalue weighted by Crippen LogP contribution is -2.69. The second-order valence-corrected chi connectivity index (χ2v) is 8.97. The van der Waals surface area contributed by atoms with Gasteiger partial charge in [0.15, 0.2) is 16.9 Å². The molecule has 2 fully saturated rings. The van der Waals surface area contributed by atoms with E-state index in [1.54, 1.807) is 5.38 Å². The summed E-state index contributed by atoms with van der Waals surface area (Å²) in [4.78, 5) is 46.7. The van der Waals surface area contributed by atoms with Gasteiger partial charge in [0.05, 0.1) is 0 Å². The molecular weight excluding hydrogens is 446 g/mol. The normalized spacial score (nSPS) is 23.4. The third kappa shape index (κ3) is 5.17. The number of carboxylic acids is 1. The molecule has 2 aliphatic rings. The number of nitrogens with two attached hydrogens (primary N) is 1. The van der Waals surface area contributed by atoms with Crippen LogP contribution < -0.4 is 11.1 Å². The van der Waals surface area contributed by atoms with Gasteiger partial charge in [-0.05, 0) is 0 Å². The smallest absolute Gasteiger partial charge is 0.352 e. The van der Waals surface area contributed by atoms with Crippen molar-refractivity contribution >= 4 is 51.7 Å². The summed E-state index contributed by atoms with van der Waals surface area (Å²) in [6.07, 6.45) is 3.20. The summed E-state index contributed by atoms with van der Waals surface area (Å²) in [5.41, 5.74) is 5.37. The Kier molecular flexibility index (Phi) is 7.51. The predicted molar refractivity (Wildman–Crippen MR) is 117 cm³/mol. The number of hydrogen-bond acceptors (Lipinski definition) is 9. The lowest BCUT2D eigenvalue weighted by Gasteiger charge is -2.46. The largest absolute Gasteiger partial charge is 0.477 e. The molecule has 0 saturated carbocycles. The number of rotatable bonds is 10. The molecule has 1 aromatic rings. The highest BCUT2D eigenvalue weighted by Gasteiger charge is 2.51. The van der Waals surface area contributed by atoms with Crippen molar-refractivity contribution in [2.24, 2.45) is 5.16 Å². The maximum Gasteiger partial charge on any atom is 0.352 e. The molecule has 0 unspecified atom stereocenters. The average molecular weight is 471 g/mol. The Bertz CT molecular complexity index is 898. The highest BCUT2D eigenvalue weighted by molar-refractivity contribution is 8.00. The van der Waals surface area contributed by atoms with Crippen molar-refractivity contribution in [1.29, 1.82) is 0 Å². The van der Waals surface area contributed by atoms with Crippen LogP contribution in [0.25, 0.3) is 0 Å². The van der Waals surface area contributed by atoms with Crippen LogP contribution in [0.4, 0.5) is 5.13 Å². The van der Waals surface area contributed by atoms with E-state index in [0.717, 1.165) is 42.1 Å². The number of thioether (sulfide) groups is 1. The minimum atomic E-state index is -1.30. The number of β-lactam (4-membered cyclic amide) rings is 1. The van der Waals surface area contributed by atoms with Crippen LogP contribution in [0.1, 0.15) is 25.0 Å². The van der Waals surface area contributed by atoms with Gasteiger partial charge in [0.1, 0.15) is 36.5 Å². The van der Waals surface area contributed by atoms with Crippen LogP contribution in [0.2, 0.25) is 0 Å². The molecule has 0 bridgehead atoms. The summed E-state index contributed by atoms with van der Waals surface area (Å²) in [6.45, 7) is 4.35. The van der Waals surface area contributed by atoms with Gasteiger partial charge in [-0.25, -0.2) is 9.78 Å². The molecule has 3 atom stereocenters. The monoisotopic (exact) mass is 470 g/mol. The van der Waals surface area contributed by atoms with Gasteiger partial charge in [-0.2, -0.15) is 0 Å². The molecule has 2 aliphatic heterocycles. The van der Waals surface area contributed by atoms with Gasteiger partial charge in [-0.1, -0.05) is 11.7 Å². The first-order chi connectivity index (χ1) is 14.8. The second-order valence-electron chi connectivity index (χ2n) is 6.86. The number of nitrogens with zero attached hydrogens (tertiary/aromatic N) is 3. The minimum Gasteiger partial charge on any atom is -0.477 e. The zero-order valence-corrected chi connectivity index (χ0v) is 18.4. The van der Waals surface area contributed by atoms with Gasteiger partial charge >= 0.3 is 5.97 Å². The molecule has 2 saturated heterocycles. The van der Waals surface area contributed by atoms with Gasteiger partial charge in [0.25, 0.3) is 11.8 Å². The minimum absolute atomic E-state index is 0.132. The van der Waals surface area contributed by atoms with Crippen molar-refractivity contribution in [3.05, 3.63) is 23.3 Å². The maximum atomic E-state index is 12.8. The summed E-state index contributed by atoms with van der Waals surface area (Å²) in [6, 6.07) is -0.938. The van der Waals surface area contributed by atoms with Crippen LogP contribution in [0.15, 0.2) is 22.8 Å². The zero-order valence-electron chi connectivity index (χ0n) is 16.8. The number of ether oxygens (including phenoxy) is 1. The quantitative estimate of drug-likeness (QED) is 0.143. The number of likely N-dealkylation sites (tertiary alicyclic amines) is 1. The Morgan fingerprint density at radius 3 is 2.94 bits per heavy atom. The molecule has 5 N–H and O–H groups in total. The zero-order chi connectivity index (χ0) is 22.5. The third-order valence-corrected chi connectivity index (χ3v) is 6.82. The molecule has 13 heteroatoms. The third-order valence-electron chi connectivity index (χ3n) is 4.85. The summed E-state index contributed by atoms with van der Waals surface area (Å²) in [5.74, 6) is -1.88. The molecule has 2 amide bonds.